The summed E-state index contributed by atoms with van der Waals surface area (Å²) in [6.07, 6.45) is 1.67. The third kappa shape index (κ3) is 3.61. The second-order valence-corrected chi connectivity index (χ2v) is 7.69. The minimum absolute atomic E-state index is 0.0436. The van der Waals surface area contributed by atoms with Crippen molar-refractivity contribution in [2.75, 3.05) is 5.32 Å². The molecule has 0 fully saturated rings. The van der Waals surface area contributed by atoms with Crippen LogP contribution >= 0.6 is 11.3 Å². The molecular weight excluding hydrogens is 396 g/mol. The third-order valence-corrected chi connectivity index (χ3v) is 5.18. The average Bonchev–Trinajstić information content (AvgIpc) is 3.29. The molecule has 0 atom stereocenters. The third-order valence-electron chi connectivity index (χ3n) is 4.42. The highest BCUT2D eigenvalue weighted by Gasteiger charge is 2.17. The minimum Gasteiger partial charge on any atom is -0.298 e. The topological polar surface area (TPSA) is 72.7 Å². The normalized spacial score (nSPS) is 11.4. The standard InChI is InChI=1S/C20H17F2N5OS/c1-10(2)27-18-12(8-23-27)6-14(11(3)24-18)19(28)26-20-25-17(9-29-20)15-7-13(21)4-5-16(15)22/h4-10H,1-3H3,(H,25,26,28). The smallest absolute Gasteiger partial charge is 0.259 e. The first kappa shape index (κ1) is 19.1. The van der Waals surface area contributed by atoms with E-state index in [2.05, 4.69) is 20.4 Å². The molecule has 3 heterocycles. The predicted octanol–water partition coefficient (Wildman–Crippen LogP) is 4.97. The molecule has 0 radical (unpaired) electrons. The van der Waals surface area contributed by atoms with E-state index in [-0.39, 0.29) is 28.3 Å². The monoisotopic (exact) mass is 413 g/mol. The quantitative estimate of drug-likeness (QED) is 0.512. The Balaban J connectivity index is 1.61. The van der Waals surface area contributed by atoms with Gasteiger partial charge < -0.3 is 0 Å². The molecule has 6 nitrogen and oxygen atoms in total. The number of carbonyl (C=O) groups is 1. The molecule has 0 saturated carbocycles. The first-order valence-corrected chi connectivity index (χ1v) is 9.78. The van der Waals surface area contributed by atoms with Crippen LogP contribution in [0.25, 0.3) is 22.3 Å². The van der Waals surface area contributed by atoms with Gasteiger partial charge in [-0.25, -0.2) is 23.4 Å². The summed E-state index contributed by atoms with van der Waals surface area (Å²) in [5.74, 6) is -1.52. The number of aromatic nitrogens is 4. The molecule has 3 aromatic heterocycles. The van der Waals surface area contributed by atoms with E-state index in [0.29, 0.717) is 16.9 Å². The van der Waals surface area contributed by atoms with Crippen LogP contribution in [0.3, 0.4) is 0 Å². The van der Waals surface area contributed by atoms with Crippen molar-refractivity contribution in [1.29, 1.82) is 0 Å². The van der Waals surface area contributed by atoms with Crippen LogP contribution in [0.15, 0.2) is 35.8 Å². The highest BCUT2D eigenvalue weighted by Crippen LogP contribution is 2.28. The second-order valence-electron chi connectivity index (χ2n) is 6.83. The number of aryl methyl sites for hydroxylation is 1. The predicted molar refractivity (Wildman–Crippen MR) is 108 cm³/mol. The van der Waals surface area contributed by atoms with E-state index in [0.717, 1.165) is 34.9 Å². The van der Waals surface area contributed by atoms with Crippen molar-refractivity contribution in [2.45, 2.75) is 26.8 Å². The van der Waals surface area contributed by atoms with Gasteiger partial charge in [0.25, 0.3) is 5.91 Å². The molecule has 4 rings (SSSR count). The van der Waals surface area contributed by atoms with Crippen molar-refractivity contribution < 1.29 is 13.6 Å². The zero-order valence-corrected chi connectivity index (χ0v) is 16.7. The van der Waals surface area contributed by atoms with Gasteiger partial charge >= 0.3 is 0 Å². The number of pyridine rings is 1. The lowest BCUT2D eigenvalue weighted by Gasteiger charge is -2.09. The number of nitrogens with zero attached hydrogens (tertiary/aromatic N) is 4. The molecule has 0 spiro atoms. The maximum absolute atomic E-state index is 13.9. The van der Waals surface area contributed by atoms with Gasteiger partial charge in [0.05, 0.1) is 23.1 Å². The van der Waals surface area contributed by atoms with Gasteiger partial charge in [-0.1, -0.05) is 0 Å². The molecule has 1 amide bonds. The number of thiazole rings is 1. The van der Waals surface area contributed by atoms with E-state index in [1.807, 2.05) is 13.8 Å². The van der Waals surface area contributed by atoms with Crippen LogP contribution in [0.2, 0.25) is 0 Å². The van der Waals surface area contributed by atoms with E-state index in [9.17, 15) is 13.6 Å². The van der Waals surface area contributed by atoms with Crippen LogP contribution < -0.4 is 5.32 Å². The van der Waals surface area contributed by atoms with Crippen molar-refractivity contribution in [3.63, 3.8) is 0 Å². The number of nitrogens with one attached hydrogen (secondary N) is 1. The van der Waals surface area contributed by atoms with Crippen LogP contribution in [0.1, 0.15) is 35.9 Å². The van der Waals surface area contributed by atoms with Gasteiger partial charge in [-0.3, -0.25) is 10.1 Å². The Hall–Kier alpha value is -3.20. The lowest BCUT2D eigenvalue weighted by atomic mass is 10.1. The zero-order valence-electron chi connectivity index (χ0n) is 15.9. The fourth-order valence-corrected chi connectivity index (χ4v) is 3.69. The number of hydrogen-bond donors (Lipinski definition) is 1. The number of fused-ring (bicyclic) bond motifs is 1. The molecule has 0 bridgehead atoms. The number of halogens is 2. The van der Waals surface area contributed by atoms with Gasteiger partial charge in [0.15, 0.2) is 10.8 Å². The number of benzene rings is 1. The van der Waals surface area contributed by atoms with E-state index in [1.165, 1.54) is 0 Å². The number of anilines is 1. The van der Waals surface area contributed by atoms with Crippen LogP contribution in [0.5, 0.6) is 0 Å². The molecule has 4 aromatic rings. The Bertz CT molecular complexity index is 1230. The summed E-state index contributed by atoms with van der Waals surface area (Å²) < 4.78 is 29.2. The summed E-state index contributed by atoms with van der Waals surface area (Å²) in [7, 11) is 0. The molecule has 0 aliphatic carbocycles. The average molecular weight is 413 g/mol. The van der Waals surface area contributed by atoms with Crippen LogP contribution in [-0.4, -0.2) is 25.7 Å². The summed E-state index contributed by atoms with van der Waals surface area (Å²) >= 11 is 1.13. The van der Waals surface area contributed by atoms with Crippen molar-refractivity contribution in [3.05, 3.63) is 58.7 Å². The van der Waals surface area contributed by atoms with E-state index in [1.54, 1.807) is 29.2 Å². The number of rotatable bonds is 4. The molecule has 29 heavy (non-hydrogen) atoms. The summed E-state index contributed by atoms with van der Waals surface area (Å²) in [5, 5.41) is 9.63. The zero-order chi connectivity index (χ0) is 20.7. The summed E-state index contributed by atoms with van der Waals surface area (Å²) in [4.78, 5) is 21.5. The largest absolute Gasteiger partial charge is 0.298 e. The highest BCUT2D eigenvalue weighted by atomic mass is 32.1. The maximum atomic E-state index is 13.9. The SMILES string of the molecule is Cc1nc2c(cnn2C(C)C)cc1C(=O)Nc1nc(-c2cc(F)ccc2F)cs1. The summed E-state index contributed by atoms with van der Waals surface area (Å²) in [5.41, 5.74) is 1.97. The van der Waals surface area contributed by atoms with Gasteiger partial charge in [0, 0.05) is 22.4 Å². The fraction of sp³-hybridized carbons (Fsp3) is 0.200. The second kappa shape index (κ2) is 7.32. The molecule has 1 N–H and O–H groups in total. The molecule has 0 aliphatic heterocycles. The lowest BCUT2D eigenvalue weighted by Crippen LogP contribution is -2.14. The Morgan fingerprint density at radius 2 is 2.00 bits per heavy atom. The molecular formula is C20H17F2N5OS. The van der Waals surface area contributed by atoms with Crippen molar-refractivity contribution in [1.82, 2.24) is 19.7 Å². The fourth-order valence-electron chi connectivity index (χ4n) is 2.99. The van der Waals surface area contributed by atoms with E-state index in [4.69, 9.17) is 0 Å². The Kier molecular flexibility index (Phi) is 4.83. The number of amides is 1. The van der Waals surface area contributed by atoms with E-state index < -0.39 is 11.6 Å². The number of carbonyl (C=O) groups excluding carboxylic acids is 1. The molecule has 9 heteroatoms. The molecule has 148 valence electrons. The lowest BCUT2D eigenvalue weighted by molar-refractivity contribution is 0.102. The first-order valence-electron chi connectivity index (χ1n) is 8.90. The molecule has 0 aliphatic rings. The van der Waals surface area contributed by atoms with E-state index >= 15 is 0 Å². The van der Waals surface area contributed by atoms with Crippen molar-refractivity contribution >= 4 is 33.4 Å². The first-order chi connectivity index (χ1) is 13.8. The summed E-state index contributed by atoms with van der Waals surface area (Å²) in [6, 6.07) is 5.05. The maximum Gasteiger partial charge on any atom is 0.259 e. The number of hydrogen-bond acceptors (Lipinski definition) is 5. The van der Waals surface area contributed by atoms with Crippen LogP contribution in [0, 0.1) is 18.6 Å². The van der Waals surface area contributed by atoms with Crippen molar-refractivity contribution in [3.8, 4) is 11.3 Å². The van der Waals surface area contributed by atoms with Crippen LogP contribution in [0.4, 0.5) is 13.9 Å². The van der Waals surface area contributed by atoms with Gasteiger partial charge in [0.2, 0.25) is 0 Å². The molecule has 1 aromatic carbocycles. The Labute approximate surface area is 169 Å². The van der Waals surface area contributed by atoms with Gasteiger partial charge in [-0.05, 0) is 45.0 Å². The van der Waals surface area contributed by atoms with Crippen molar-refractivity contribution in [2.24, 2.45) is 0 Å². The van der Waals surface area contributed by atoms with Gasteiger partial charge in [-0.15, -0.1) is 11.3 Å². The highest BCUT2D eigenvalue weighted by molar-refractivity contribution is 7.14. The van der Waals surface area contributed by atoms with Gasteiger partial charge in [0.1, 0.15) is 11.6 Å². The Morgan fingerprint density at radius 1 is 1.21 bits per heavy atom. The molecule has 0 unspecified atom stereocenters. The minimum atomic E-state index is -0.581. The molecule has 0 saturated heterocycles. The Morgan fingerprint density at radius 3 is 2.76 bits per heavy atom. The van der Waals surface area contributed by atoms with Gasteiger partial charge in [-0.2, -0.15) is 5.10 Å². The van der Waals surface area contributed by atoms with Crippen LogP contribution in [-0.2, 0) is 0 Å². The summed E-state index contributed by atoms with van der Waals surface area (Å²) in [6.45, 7) is 5.76.